The Kier molecular flexibility index (Phi) is 5.27. The lowest BCUT2D eigenvalue weighted by molar-refractivity contribution is -0.131. The Morgan fingerprint density at radius 2 is 1.79 bits per heavy atom. The molecule has 2 heterocycles. The highest BCUT2D eigenvalue weighted by atomic mass is 16.5. The van der Waals surface area contributed by atoms with Crippen LogP contribution in [0.5, 0.6) is 17.2 Å². The largest absolute Gasteiger partial charge is 0.508 e. The lowest BCUT2D eigenvalue weighted by atomic mass is 10.0. The first-order valence-electron chi connectivity index (χ1n) is 10.3. The Morgan fingerprint density at radius 3 is 2.59 bits per heavy atom. The summed E-state index contributed by atoms with van der Waals surface area (Å²) in [5.41, 5.74) is 2.54. The Balaban J connectivity index is 1.58. The highest BCUT2D eigenvalue weighted by molar-refractivity contribution is 6.14. The minimum atomic E-state index is -1.04. The summed E-state index contributed by atoms with van der Waals surface area (Å²) in [6.45, 7) is 0. The van der Waals surface area contributed by atoms with Gasteiger partial charge in [-0.3, -0.25) is 9.78 Å². The van der Waals surface area contributed by atoms with Crippen molar-refractivity contribution in [2.45, 2.75) is 0 Å². The van der Waals surface area contributed by atoms with Gasteiger partial charge >= 0.3 is 5.97 Å². The maximum atomic E-state index is 13.5. The molecule has 5 aromatic rings. The normalized spacial score (nSPS) is 11.3. The molecular weight excluding hydrogens is 434 g/mol. The fourth-order valence-corrected chi connectivity index (χ4v) is 3.62. The monoisotopic (exact) mass is 451 g/mol. The van der Waals surface area contributed by atoms with Crippen LogP contribution < -0.4 is 4.74 Å². The summed E-state index contributed by atoms with van der Waals surface area (Å²) in [5.74, 6) is -0.515. The maximum absolute atomic E-state index is 13.5. The quantitative estimate of drug-likeness (QED) is 0.248. The van der Waals surface area contributed by atoms with Crippen LogP contribution in [0.25, 0.3) is 27.9 Å². The minimum Gasteiger partial charge on any atom is -0.508 e. The number of pyridine rings is 1. The number of carboxylic acid groups (broad SMARTS) is 1. The number of nitrogens with zero attached hydrogens (tertiary/aromatic N) is 1. The van der Waals surface area contributed by atoms with Crippen LogP contribution in [0.15, 0.2) is 89.7 Å². The number of aromatic nitrogens is 1. The van der Waals surface area contributed by atoms with Crippen LogP contribution in [0, 0.1) is 0 Å². The van der Waals surface area contributed by atoms with Crippen molar-refractivity contribution in [1.29, 1.82) is 0 Å². The summed E-state index contributed by atoms with van der Waals surface area (Å²) >= 11 is 0. The van der Waals surface area contributed by atoms with Crippen molar-refractivity contribution >= 4 is 39.7 Å². The third-order valence-electron chi connectivity index (χ3n) is 5.28. The lowest BCUT2D eigenvalue weighted by Gasteiger charge is -2.14. The predicted molar refractivity (Wildman–Crippen MR) is 126 cm³/mol. The van der Waals surface area contributed by atoms with Crippen molar-refractivity contribution in [3.63, 3.8) is 0 Å². The highest BCUT2D eigenvalue weighted by Crippen LogP contribution is 2.35. The Bertz CT molecular complexity index is 1580. The van der Waals surface area contributed by atoms with E-state index in [4.69, 9.17) is 14.3 Å². The number of ketones is 1. The van der Waals surface area contributed by atoms with Gasteiger partial charge in [0.1, 0.15) is 22.8 Å². The number of rotatable bonds is 6. The molecular formula is C27H17NO6. The number of aliphatic carboxylic acids is 1. The third-order valence-corrected chi connectivity index (χ3v) is 5.28. The molecule has 7 nitrogen and oxygen atoms in total. The van der Waals surface area contributed by atoms with Gasteiger partial charge in [-0.2, -0.15) is 0 Å². The second kappa shape index (κ2) is 8.55. The molecule has 0 aliphatic carbocycles. The number of ether oxygens (including phenoxy) is 1. The molecule has 3 aromatic carbocycles. The number of carbonyl (C=O) groups excluding carboxylic acids is 1. The first kappa shape index (κ1) is 21.0. The second-order valence-corrected chi connectivity index (χ2v) is 7.55. The van der Waals surface area contributed by atoms with Crippen molar-refractivity contribution in [1.82, 2.24) is 4.98 Å². The highest BCUT2D eigenvalue weighted by Gasteiger charge is 2.20. The lowest BCUT2D eigenvalue weighted by Crippen LogP contribution is -2.05. The van der Waals surface area contributed by atoms with Gasteiger partial charge in [-0.15, -0.1) is 0 Å². The fourth-order valence-electron chi connectivity index (χ4n) is 3.62. The van der Waals surface area contributed by atoms with Crippen LogP contribution >= 0.6 is 0 Å². The van der Waals surface area contributed by atoms with Gasteiger partial charge in [0.25, 0.3) is 0 Å². The van der Waals surface area contributed by atoms with Gasteiger partial charge in [-0.05, 0) is 60.2 Å². The molecule has 7 heteroatoms. The molecule has 0 radical (unpaired) electrons. The van der Waals surface area contributed by atoms with Crippen LogP contribution in [0.2, 0.25) is 0 Å². The molecule has 0 aliphatic rings. The first-order chi connectivity index (χ1) is 16.5. The SMILES string of the molecule is O=C(O)/C=C/c1ccc(Oc2c(C(=O)c3ccc4occc4c3)cnc3cc(O)ccc23)cc1. The average Bonchev–Trinajstić information content (AvgIpc) is 3.31. The van der Waals surface area contributed by atoms with E-state index in [1.165, 1.54) is 24.4 Å². The van der Waals surface area contributed by atoms with Gasteiger partial charge in [-0.1, -0.05) is 12.1 Å². The summed E-state index contributed by atoms with van der Waals surface area (Å²) in [7, 11) is 0. The Labute approximate surface area is 193 Å². The summed E-state index contributed by atoms with van der Waals surface area (Å²) < 4.78 is 11.5. The van der Waals surface area contributed by atoms with Crippen molar-refractivity contribution in [2.75, 3.05) is 0 Å². The first-order valence-corrected chi connectivity index (χ1v) is 10.3. The second-order valence-electron chi connectivity index (χ2n) is 7.55. The van der Waals surface area contributed by atoms with Gasteiger partial charge in [0.2, 0.25) is 0 Å². The van der Waals surface area contributed by atoms with Crippen LogP contribution in [0.4, 0.5) is 0 Å². The Hall–Kier alpha value is -4.91. The van der Waals surface area contributed by atoms with E-state index in [0.29, 0.717) is 39.1 Å². The van der Waals surface area contributed by atoms with Crippen LogP contribution in [0.3, 0.4) is 0 Å². The van der Waals surface area contributed by atoms with E-state index >= 15 is 0 Å². The van der Waals surface area contributed by atoms with Crippen molar-refractivity contribution in [3.8, 4) is 17.2 Å². The molecule has 0 spiro atoms. The van der Waals surface area contributed by atoms with Crippen molar-refractivity contribution in [3.05, 3.63) is 102 Å². The summed E-state index contributed by atoms with van der Waals surface area (Å²) in [5, 5.41) is 20.0. The minimum absolute atomic E-state index is 0.0463. The number of furan rings is 1. The van der Waals surface area contributed by atoms with E-state index in [-0.39, 0.29) is 17.1 Å². The topological polar surface area (TPSA) is 110 Å². The zero-order valence-electron chi connectivity index (χ0n) is 17.6. The number of hydrogen-bond acceptors (Lipinski definition) is 6. The molecule has 2 aromatic heterocycles. The number of aromatic hydroxyl groups is 1. The summed E-state index contributed by atoms with van der Waals surface area (Å²) in [6.07, 6.45) is 5.51. The van der Waals surface area contributed by atoms with E-state index in [0.717, 1.165) is 11.5 Å². The molecule has 0 saturated carbocycles. The van der Waals surface area contributed by atoms with Crippen LogP contribution in [0.1, 0.15) is 21.5 Å². The number of carboxylic acids is 1. The summed E-state index contributed by atoms with van der Waals surface area (Å²) in [4.78, 5) is 28.6. The molecule has 0 bridgehead atoms. The van der Waals surface area contributed by atoms with E-state index in [9.17, 15) is 14.7 Å². The number of carbonyl (C=O) groups is 2. The fraction of sp³-hybridized carbons (Fsp3) is 0. The Morgan fingerprint density at radius 1 is 0.971 bits per heavy atom. The smallest absolute Gasteiger partial charge is 0.328 e. The third kappa shape index (κ3) is 4.10. The van der Waals surface area contributed by atoms with E-state index in [1.807, 2.05) is 0 Å². The predicted octanol–water partition coefficient (Wildman–Crippen LogP) is 5.81. The molecule has 34 heavy (non-hydrogen) atoms. The van der Waals surface area contributed by atoms with Crippen molar-refractivity contribution < 1.29 is 29.0 Å². The van der Waals surface area contributed by atoms with E-state index in [1.54, 1.807) is 60.9 Å². The maximum Gasteiger partial charge on any atom is 0.328 e. The standard InChI is InChI=1S/C27H17NO6/c29-19-5-8-21-23(14-19)28-15-22(26(32)18-4-9-24-17(13-18)11-12-33-24)27(21)34-20-6-1-16(2-7-20)3-10-25(30)31/h1-15,29H,(H,30,31)/b10-3+. The summed E-state index contributed by atoms with van der Waals surface area (Å²) in [6, 6.07) is 18.4. The number of fused-ring (bicyclic) bond motifs is 2. The van der Waals surface area contributed by atoms with Gasteiger partial charge in [0.05, 0.1) is 17.3 Å². The molecule has 2 N–H and O–H groups in total. The zero-order chi connectivity index (χ0) is 23.7. The molecule has 0 fully saturated rings. The molecule has 0 saturated heterocycles. The van der Waals surface area contributed by atoms with Gasteiger partial charge < -0.3 is 19.4 Å². The molecule has 0 unspecified atom stereocenters. The van der Waals surface area contributed by atoms with Crippen LogP contribution in [-0.2, 0) is 4.79 Å². The zero-order valence-corrected chi connectivity index (χ0v) is 17.6. The number of hydrogen-bond donors (Lipinski definition) is 2. The molecule has 0 aliphatic heterocycles. The number of phenolic OH excluding ortho intramolecular Hbond substituents is 1. The molecule has 0 atom stereocenters. The van der Waals surface area contributed by atoms with E-state index < -0.39 is 5.97 Å². The van der Waals surface area contributed by atoms with Crippen LogP contribution in [-0.4, -0.2) is 26.9 Å². The molecule has 0 amide bonds. The number of benzene rings is 3. The van der Waals surface area contributed by atoms with Gasteiger partial charge in [-0.25, -0.2) is 4.79 Å². The molecule has 166 valence electrons. The van der Waals surface area contributed by atoms with Crippen molar-refractivity contribution in [2.24, 2.45) is 0 Å². The average molecular weight is 451 g/mol. The molecule has 5 rings (SSSR count). The van der Waals surface area contributed by atoms with Gasteiger partial charge in [0, 0.05) is 34.7 Å². The van der Waals surface area contributed by atoms with Gasteiger partial charge in [0.15, 0.2) is 5.78 Å². The van der Waals surface area contributed by atoms with E-state index in [2.05, 4.69) is 4.98 Å². The number of phenols is 1.